The molecular formula is C15H17BrO2S. The highest BCUT2D eigenvalue weighted by Gasteiger charge is 2.14. The fourth-order valence-electron chi connectivity index (χ4n) is 1.86. The highest BCUT2D eigenvalue weighted by atomic mass is 79.9. The normalized spacial score (nSPS) is 12.4. The van der Waals surface area contributed by atoms with E-state index < -0.39 is 6.10 Å². The van der Waals surface area contributed by atoms with Crippen molar-refractivity contribution < 1.29 is 9.84 Å². The Morgan fingerprint density at radius 3 is 2.63 bits per heavy atom. The summed E-state index contributed by atoms with van der Waals surface area (Å²) in [5.74, 6) is 0.805. The van der Waals surface area contributed by atoms with Gasteiger partial charge in [0.25, 0.3) is 0 Å². The number of ether oxygens (including phenoxy) is 1. The van der Waals surface area contributed by atoms with Gasteiger partial charge in [0.1, 0.15) is 11.9 Å². The standard InChI is InChI=1S/C15H17BrO2S/c1-3-11-6-8-14(19-11)15(17)10-5-7-13(18-4-2)12(16)9-10/h5-9,15,17H,3-4H2,1-2H3. The Morgan fingerprint density at radius 1 is 1.26 bits per heavy atom. The molecule has 1 aromatic heterocycles. The van der Waals surface area contributed by atoms with Gasteiger partial charge in [0.2, 0.25) is 0 Å². The van der Waals surface area contributed by atoms with Crippen molar-refractivity contribution in [1.82, 2.24) is 0 Å². The smallest absolute Gasteiger partial charge is 0.133 e. The lowest BCUT2D eigenvalue weighted by atomic mass is 10.1. The molecule has 0 aliphatic rings. The van der Waals surface area contributed by atoms with Crippen LogP contribution in [0.1, 0.15) is 35.3 Å². The van der Waals surface area contributed by atoms with Crippen molar-refractivity contribution in [2.24, 2.45) is 0 Å². The van der Waals surface area contributed by atoms with E-state index >= 15 is 0 Å². The molecule has 2 aromatic rings. The third-order valence-corrected chi connectivity index (χ3v) is 4.77. The van der Waals surface area contributed by atoms with Crippen LogP contribution in [0.2, 0.25) is 0 Å². The Bertz CT molecular complexity index is 551. The number of hydrogen-bond acceptors (Lipinski definition) is 3. The van der Waals surface area contributed by atoms with Crippen LogP contribution < -0.4 is 4.74 Å². The van der Waals surface area contributed by atoms with Crippen LogP contribution in [0.15, 0.2) is 34.8 Å². The second-order valence-electron chi connectivity index (χ2n) is 4.18. The Balaban J connectivity index is 2.23. The third-order valence-electron chi connectivity index (χ3n) is 2.87. The second kappa shape index (κ2) is 6.55. The predicted molar refractivity (Wildman–Crippen MR) is 83.1 cm³/mol. The van der Waals surface area contributed by atoms with Crippen LogP contribution in [0.4, 0.5) is 0 Å². The van der Waals surface area contributed by atoms with Crippen LogP contribution in [-0.4, -0.2) is 11.7 Å². The zero-order chi connectivity index (χ0) is 13.8. The van der Waals surface area contributed by atoms with E-state index in [0.717, 1.165) is 27.1 Å². The lowest BCUT2D eigenvalue weighted by Gasteiger charge is -2.12. The van der Waals surface area contributed by atoms with Gasteiger partial charge in [-0.2, -0.15) is 0 Å². The van der Waals surface area contributed by atoms with Crippen LogP contribution in [0.3, 0.4) is 0 Å². The van der Waals surface area contributed by atoms with Gasteiger partial charge in [-0.3, -0.25) is 0 Å². The van der Waals surface area contributed by atoms with Crippen LogP contribution in [-0.2, 0) is 6.42 Å². The summed E-state index contributed by atoms with van der Waals surface area (Å²) in [4.78, 5) is 2.27. The molecule has 0 fully saturated rings. The van der Waals surface area contributed by atoms with E-state index in [4.69, 9.17) is 4.74 Å². The van der Waals surface area contributed by atoms with E-state index in [0.29, 0.717) is 6.61 Å². The van der Waals surface area contributed by atoms with Gasteiger partial charge in [-0.1, -0.05) is 13.0 Å². The van der Waals surface area contributed by atoms with Gasteiger partial charge in [-0.05, 0) is 59.1 Å². The zero-order valence-electron chi connectivity index (χ0n) is 11.0. The molecule has 1 unspecified atom stereocenters. The summed E-state index contributed by atoms with van der Waals surface area (Å²) in [6.07, 6.45) is 0.432. The largest absolute Gasteiger partial charge is 0.493 e. The van der Waals surface area contributed by atoms with E-state index in [1.165, 1.54) is 4.88 Å². The first-order valence-electron chi connectivity index (χ1n) is 6.34. The minimum Gasteiger partial charge on any atom is -0.493 e. The molecule has 0 spiro atoms. The van der Waals surface area contributed by atoms with Gasteiger partial charge >= 0.3 is 0 Å². The number of rotatable bonds is 5. The topological polar surface area (TPSA) is 29.5 Å². The van der Waals surface area contributed by atoms with Crippen molar-refractivity contribution in [1.29, 1.82) is 0 Å². The molecule has 102 valence electrons. The van der Waals surface area contributed by atoms with Crippen LogP contribution >= 0.6 is 27.3 Å². The molecule has 1 N–H and O–H groups in total. The maximum atomic E-state index is 10.4. The minimum absolute atomic E-state index is 0.572. The Labute approximate surface area is 126 Å². The molecule has 0 aliphatic heterocycles. The molecule has 0 bridgehead atoms. The molecule has 1 atom stereocenters. The van der Waals surface area contributed by atoms with Crippen molar-refractivity contribution in [2.45, 2.75) is 26.4 Å². The van der Waals surface area contributed by atoms with E-state index in [9.17, 15) is 5.11 Å². The van der Waals surface area contributed by atoms with E-state index in [1.807, 2.05) is 31.2 Å². The summed E-state index contributed by atoms with van der Waals surface area (Å²) in [6, 6.07) is 9.79. The van der Waals surface area contributed by atoms with E-state index in [1.54, 1.807) is 11.3 Å². The number of aliphatic hydroxyl groups is 1. The molecule has 2 nitrogen and oxygen atoms in total. The Morgan fingerprint density at radius 2 is 2.05 bits per heavy atom. The molecule has 0 aliphatic carbocycles. The fourth-order valence-corrected chi connectivity index (χ4v) is 3.33. The molecule has 2 rings (SSSR count). The summed E-state index contributed by atoms with van der Waals surface area (Å²) in [5.41, 5.74) is 0.875. The number of hydrogen-bond donors (Lipinski definition) is 1. The quantitative estimate of drug-likeness (QED) is 0.864. The second-order valence-corrected chi connectivity index (χ2v) is 6.24. The van der Waals surface area contributed by atoms with Gasteiger partial charge in [0.15, 0.2) is 0 Å². The van der Waals surface area contributed by atoms with Crippen LogP contribution in [0.5, 0.6) is 5.75 Å². The molecule has 0 saturated heterocycles. The van der Waals surface area contributed by atoms with Gasteiger partial charge in [-0.15, -0.1) is 11.3 Å². The molecule has 0 amide bonds. The van der Waals surface area contributed by atoms with Gasteiger partial charge < -0.3 is 9.84 Å². The number of benzene rings is 1. The lowest BCUT2D eigenvalue weighted by Crippen LogP contribution is -1.98. The van der Waals surface area contributed by atoms with Gasteiger partial charge in [0.05, 0.1) is 11.1 Å². The molecule has 1 heterocycles. The predicted octanol–water partition coefficient (Wildman–Crippen LogP) is 4.55. The van der Waals surface area contributed by atoms with E-state index in [2.05, 4.69) is 28.9 Å². The SMILES string of the molecule is CCOc1ccc(C(O)c2ccc(CC)s2)cc1Br. The molecular weight excluding hydrogens is 324 g/mol. The van der Waals surface area contributed by atoms with Crippen molar-refractivity contribution in [2.75, 3.05) is 6.61 Å². The summed E-state index contributed by atoms with van der Waals surface area (Å²) in [6.45, 7) is 4.70. The summed E-state index contributed by atoms with van der Waals surface area (Å²) >= 11 is 5.13. The van der Waals surface area contributed by atoms with Crippen LogP contribution in [0, 0.1) is 0 Å². The van der Waals surface area contributed by atoms with Crippen molar-refractivity contribution in [3.05, 3.63) is 50.1 Å². The summed E-state index contributed by atoms with van der Waals surface area (Å²) in [7, 11) is 0. The number of thiophene rings is 1. The summed E-state index contributed by atoms with van der Waals surface area (Å²) < 4.78 is 6.35. The summed E-state index contributed by atoms with van der Waals surface area (Å²) in [5, 5.41) is 10.4. The highest BCUT2D eigenvalue weighted by molar-refractivity contribution is 9.10. The maximum absolute atomic E-state index is 10.4. The minimum atomic E-state index is -0.572. The highest BCUT2D eigenvalue weighted by Crippen LogP contribution is 2.33. The molecule has 0 radical (unpaired) electrons. The first-order valence-corrected chi connectivity index (χ1v) is 7.95. The molecule has 1 aromatic carbocycles. The monoisotopic (exact) mass is 340 g/mol. The van der Waals surface area contributed by atoms with Crippen molar-refractivity contribution in [3.8, 4) is 5.75 Å². The third kappa shape index (κ3) is 3.38. The molecule has 0 saturated carbocycles. The number of halogens is 1. The average molecular weight is 341 g/mol. The van der Waals surface area contributed by atoms with Crippen molar-refractivity contribution in [3.63, 3.8) is 0 Å². The first kappa shape index (κ1) is 14.6. The Kier molecular flexibility index (Phi) is 5.02. The first-order chi connectivity index (χ1) is 9.15. The van der Waals surface area contributed by atoms with Crippen molar-refractivity contribution >= 4 is 27.3 Å². The maximum Gasteiger partial charge on any atom is 0.133 e. The van der Waals surface area contributed by atoms with Crippen LogP contribution in [0.25, 0.3) is 0 Å². The number of aryl methyl sites for hydroxylation is 1. The fraction of sp³-hybridized carbons (Fsp3) is 0.333. The average Bonchev–Trinajstić information content (AvgIpc) is 2.89. The van der Waals surface area contributed by atoms with E-state index in [-0.39, 0.29) is 0 Å². The molecule has 19 heavy (non-hydrogen) atoms. The Hall–Kier alpha value is -0.840. The van der Waals surface area contributed by atoms with Gasteiger partial charge in [-0.25, -0.2) is 0 Å². The zero-order valence-corrected chi connectivity index (χ0v) is 13.4. The van der Waals surface area contributed by atoms with Gasteiger partial charge in [0, 0.05) is 9.75 Å². The molecule has 4 heteroatoms. The number of aliphatic hydroxyl groups excluding tert-OH is 1. The lowest BCUT2D eigenvalue weighted by molar-refractivity contribution is 0.224.